The van der Waals surface area contributed by atoms with E-state index in [-0.39, 0.29) is 35.3 Å². The zero-order valence-corrected chi connectivity index (χ0v) is 25.7. The van der Waals surface area contributed by atoms with Crippen molar-refractivity contribution in [3.05, 3.63) is 76.9 Å². The number of ketones is 1. The van der Waals surface area contributed by atoms with Crippen molar-refractivity contribution >= 4 is 55.0 Å². The highest BCUT2D eigenvalue weighted by Gasteiger charge is 2.25. The molecule has 6 rings (SSSR count). The lowest BCUT2D eigenvalue weighted by Crippen LogP contribution is -2.37. The Balaban J connectivity index is 1.14. The summed E-state index contributed by atoms with van der Waals surface area (Å²) in [6, 6.07) is 12.5. The van der Waals surface area contributed by atoms with Crippen LogP contribution >= 0.6 is 11.6 Å². The number of furan rings is 1. The largest absolute Gasteiger partial charge is 0.457 e. The standard InChI is InChI=1S/C31H31ClN4O7S/c1-18-12-19-4-3-5-26(29(19)42-18)43-21-8-9-23(25(32)13-21)28(37)24-14-33-30-27(24)31(35-17-34-30)36-20-6-7-22(41-15-20)16-40-10-11-44(2,38)39/h3-5,8-9,12-14,17,20,22H,6-7,10-11,15-16H2,1-2H3,(H2,33,34,35,36)/t20-,22+/m1/s1. The quantitative estimate of drug-likeness (QED) is 0.136. The second-order valence-corrected chi connectivity index (χ2v) is 13.5. The maximum Gasteiger partial charge on any atom is 0.196 e. The van der Waals surface area contributed by atoms with Crippen molar-refractivity contribution in [1.29, 1.82) is 0 Å². The monoisotopic (exact) mass is 638 g/mol. The molecule has 2 N–H and O–H groups in total. The molecule has 44 heavy (non-hydrogen) atoms. The predicted octanol–water partition coefficient (Wildman–Crippen LogP) is 5.71. The van der Waals surface area contributed by atoms with Crippen LogP contribution in [0.15, 0.2) is 59.4 Å². The molecule has 11 nitrogen and oxygen atoms in total. The Kier molecular flexibility index (Phi) is 8.59. The Bertz CT molecular complexity index is 1930. The van der Waals surface area contributed by atoms with Gasteiger partial charge in [-0.1, -0.05) is 23.7 Å². The molecule has 0 bridgehead atoms. The highest BCUT2D eigenvalue weighted by atomic mass is 35.5. The van der Waals surface area contributed by atoms with Gasteiger partial charge in [-0.05, 0) is 44.0 Å². The smallest absolute Gasteiger partial charge is 0.196 e. The number of benzene rings is 2. The number of carbonyl (C=O) groups is 1. The minimum atomic E-state index is -3.06. The summed E-state index contributed by atoms with van der Waals surface area (Å²) in [6.07, 6.45) is 5.60. The van der Waals surface area contributed by atoms with Crippen LogP contribution in [-0.2, 0) is 19.3 Å². The Morgan fingerprint density at radius 2 is 2.02 bits per heavy atom. The van der Waals surface area contributed by atoms with E-state index in [1.54, 1.807) is 24.4 Å². The van der Waals surface area contributed by atoms with Gasteiger partial charge in [-0.15, -0.1) is 0 Å². The van der Waals surface area contributed by atoms with Gasteiger partial charge in [-0.3, -0.25) is 4.79 Å². The number of nitrogens with zero attached hydrogens (tertiary/aromatic N) is 2. The summed E-state index contributed by atoms with van der Waals surface area (Å²) < 4.78 is 45.8. The normalized spacial score (nSPS) is 17.2. The van der Waals surface area contributed by atoms with Crippen molar-refractivity contribution in [2.75, 3.05) is 37.1 Å². The fraction of sp³-hybridized carbons (Fsp3) is 0.323. The molecule has 13 heteroatoms. The van der Waals surface area contributed by atoms with Crippen molar-refractivity contribution < 1.29 is 31.8 Å². The molecule has 3 aromatic heterocycles. The van der Waals surface area contributed by atoms with E-state index in [9.17, 15) is 13.2 Å². The third-order valence-electron chi connectivity index (χ3n) is 7.37. The number of halogens is 1. The van der Waals surface area contributed by atoms with Crippen LogP contribution in [-0.4, -0.2) is 73.1 Å². The number of aromatic amines is 1. The van der Waals surface area contributed by atoms with Crippen LogP contribution in [0.1, 0.15) is 34.5 Å². The Morgan fingerprint density at radius 3 is 2.80 bits per heavy atom. The van der Waals surface area contributed by atoms with Crippen LogP contribution in [0.3, 0.4) is 0 Å². The summed E-state index contributed by atoms with van der Waals surface area (Å²) >= 11 is 6.62. The van der Waals surface area contributed by atoms with Gasteiger partial charge in [0.25, 0.3) is 0 Å². The second kappa shape index (κ2) is 12.6. The lowest BCUT2D eigenvalue weighted by molar-refractivity contribution is -0.0419. The van der Waals surface area contributed by atoms with E-state index < -0.39 is 9.84 Å². The number of fused-ring (bicyclic) bond motifs is 2. The molecule has 1 aliphatic heterocycles. The van der Waals surface area contributed by atoms with E-state index in [1.165, 1.54) is 12.6 Å². The van der Waals surface area contributed by atoms with Crippen molar-refractivity contribution in [2.45, 2.75) is 31.9 Å². The minimum Gasteiger partial charge on any atom is -0.457 e. The first-order valence-electron chi connectivity index (χ1n) is 14.1. The van der Waals surface area contributed by atoms with E-state index in [1.807, 2.05) is 31.2 Å². The highest BCUT2D eigenvalue weighted by Crippen LogP contribution is 2.35. The van der Waals surface area contributed by atoms with Gasteiger partial charge in [-0.25, -0.2) is 18.4 Å². The van der Waals surface area contributed by atoms with Crippen LogP contribution in [0, 0.1) is 6.92 Å². The first kappa shape index (κ1) is 30.1. The molecule has 0 spiro atoms. The topological polar surface area (TPSA) is 146 Å². The molecule has 0 radical (unpaired) electrons. The van der Waals surface area contributed by atoms with Crippen LogP contribution < -0.4 is 10.1 Å². The van der Waals surface area contributed by atoms with Crippen LogP contribution in [0.25, 0.3) is 22.0 Å². The number of ether oxygens (including phenoxy) is 3. The minimum absolute atomic E-state index is 0.0170. The first-order chi connectivity index (χ1) is 21.1. The van der Waals surface area contributed by atoms with E-state index in [2.05, 4.69) is 20.3 Å². The highest BCUT2D eigenvalue weighted by molar-refractivity contribution is 7.90. The van der Waals surface area contributed by atoms with Gasteiger partial charge in [0, 0.05) is 29.5 Å². The number of aromatic nitrogens is 3. The number of anilines is 1. The average Bonchev–Trinajstić information content (AvgIpc) is 3.60. The van der Waals surface area contributed by atoms with Crippen molar-refractivity contribution in [3.63, 3.8) is 0 Å². The molecule has 1 aliphatic rings. The third-order valence-corrected chi connectivity index (χ3v) is 8.59. The van der Waals surface area contributed by atoms with Gasteiger partial charge in [0.2, 0.25) is 0 Å². The van der Waals surface area contributed by atoms with Gasteiger partial charge >= 0.3 is 0 Å². The predicted molar refractivity (Wildman–Crippen MR) is 167 cm³/mol. The molecule has 5 aromatic rings. The van der Waals surface area contributed by atoms with E-state index in [0.717, 1.165) is 24.0 Å². The molecule has 230 valence electrons. The van der Waals surface area contributed by atoms with E-state index in [0.29, 0.717) is 58.3 Å². The summed E-state index contributed by atoms with van der Waals surface area (Å²) in [5.74, 6) is 1.99. The summed E-state index contributed by atoms with van der Waals surface area (Å²) in [6.45, 7) is 2.75. The van der Waals surface area contributed by atoms with E-state index >= 15 is 0 Å². The molecule has 0 amide bonds. The van der Waals surface area contributed by atoms with Crippen LogP contribution in [0.2, 0.25) is 5.02 Å². The number of para-hydroxylation sites is 1. The number of sulfone groups is 1. The maximum absolute atomic E-state index is 13.7. The third kappa shape index (κ3) is 6.73. The first-order valence-corrected chi connectivity index (χ1v) is 16.6. The Hall–Kier alpha value is -3.97. The lowest BCUT2D eigenvalue weighted by atomic mass is 10.0. The van der Waals surface area contributed by atoms with Crippen LogP contribution in [0.5, 0.6) is 11.5 Å². The Labute approximate surface area is 258 Å². The molecule has 2 atom stereocenters. The molecular formula is C31H31ClN4O7S. The number of nitrogens with one attached hydrogen (secondary N) is 2. The summed E-state index contributed by atoms with van der Waals surface area (Å²) in [5.41, 5.74) is 1.83. The number of hydrogen-bond donors (Lipinski definition) is 2. The van der Waals surface area contributed by atoms with Crippen molar-refractivity contribution in [1.82, 2.24) is 15.0 Å². The molecular weight excluding hydrogens is 608 g/mol. The molecule has 4 heterocycles. The molecule has 1 fully saturated rings. The van der Waals surface area contributed by atoms with Crippen molar-refractivity contribution in [3.8, 4) is 11.5 Å². The summed E-state index contributed by atoms with van der Waals surface area (Å²) in [7, 11) is -3.06. The molecule has 1 saturated heterocycles. The van der Waals surface area contributed by atoms with Gasteiger partial charge in [0.1, 0.15) is 39.1 Å². The molecule has 0 saturated carbocycles. The van der Waals surface area contributed by atoms with Crippen LogP contribution in [0.4, 0.5) is 5.82 Å². The van der Waals surface area contributed by atoms with Gasteiger partial charge < -0.3 is 28.9 Å². The average molecular weight is 639 g/mol. The number of rotatable bonds is 11. The van der Waals surface area contributed by atoms with Gasteiger partial charge in [0.05, 0.1) is 53.7 Å². The van der Waals surface area contributed by atoms with E-state index in [4.69, 9.17) is 30.2 Å². The Morgan fingerprint density at radius 1 is 1.16 bits per heavy atom. The van der Waals surface area contributed by atoms with Gasteiger partial charge in [-0.2, -0.15) is 0 Å². The second-order valence-electron chi connectivity index (χ2n) is 10.8. The number of H-pyrrole nitrogens is 1. The molecule has 2 aromatic carbocycles. The molecule has 0 unspecified atom stereocenters. The number of aryl methyl sites for hydroxylation is 1. The number of hydrogen-bond acceptors (Lipinski definition) is 10. The number of carbonyl (C=O) groups excluding carboxylic acids is 1. The fourth-order valence-electron chi connectivity index (χ4n) is 5.18. The molecule has 0 aliphatic carbocycles. The zero-order valence-electron chi connectivity index (χ0n) is 24.1. The maximum atomic E-state index is 13.7. The summed E-state index contributed by atoms with van der Waals surface area (Å²) in [4.78, 5) is 25.5. The zero-order chi connectivity index (χ0) is 30.8. The van der Waals surface area contributed by atoms with Crippen molar-refractivity contribution in [2.24, 2.45) is 0 Å². The summed E-state index contributed by atoms with van der Waals surface area (Å²) in [5, 5.41) is 5.12. The lowest BCUT2D eigenvalue weighted by Gasteiger charge is -2.30. The SMILES string of the molecule is Cc1cc2cccc(Oc3ccc(C(=O)c4c[nH]c5ncnc(N[C@@H]6CC[C@@H](COCCS(C)(=O)=O)OC6)c45)c(Cl)c3)c2o1. The van der Waals surface area contributed by atoms with Gasteiger partial charge in [0.15, 0.2) is 17.1 Å². The fourth-order valence-corrected chi connectivity index (χ4v) is 5.86.